The molecule has 0 aliphatic carbocycles. The molecule has 6 nitrogen and oxygen atoms in total. The molecular weight excluding hydrogens is 338 g/mol. The van der Waals surface area contributed by atoms with Crippen molar-refractivity contribution in [2.75, 3.05) is 60.0 Å². The fourth-order valence-corrected chi connectivity index (χ4v) is 3.35. The highest BCUT2D eigenvalue weighted by Gasteiger charge is 2.24. The number of para-hydroxylation sites is 1. The second-order valence-corrected chi connectivity index (χ2v) is 7.55. The molecule has 2 rings (SSSR count). The lowest BCUT2D eigenvalue weighted by atomic mass is 10.0. The van der Waals surface area contributed by atoms with Crippen LogP contribution in [0.15, 0.2) is 35.3 Å². The zero-order valence-corrected chi connectivity index (χ0v) is 17.4. The number of piperazine rings is 1. The summed E-state index contributed by atoms with van der Waals surface area (Å²) in [6, 6.07) is 10.5. The van der Waals surface area contributed by atoms with Gasteiger partial charge in [0.2, 0.25) is 0 Å². The van der Waals surface area contributed by atoms with E-state index in [1.165, 1.54) is 0 Å². The molecule has 1 aliphatic heterocycles. The van der Waals surface area contributed by atoms with Crippen molar-refractivity contribution in [2.24, 2.45) is 10.9 Å². The van der Waals surface area contributed by atoms with E-state index in [9.17, 15) is 0 Å². The second-order valence-electron chi connectivity index (χ2n) is 7.55. The third kappa shape index (κ3) is 7.77. The Morgan fingerprint density at radius 1 is 1.11 bits per heavy atom. The van der Waals surface area contributed by atoms with Crippen molar-refractivity contribution in [3.05, 3.63) is 30.3 Å². The number of hydrogen-bond donors (Lipinski definition) is 2. The first-order valence-corrected chi connectivity index (χ1v) is 10.1. The van der Waals surface area contributed by atoms with Gasteiger partial charge in [0.05, 0.1) is 6.61 Å². The maximum atomic E-state index is 5.73. The van der Waals surface area contributed by atoms with Gasteiger partial charge < -0.3 is 20.3 Å². The highest BCUT2D eigenvalue weighted by atomic mass is 16.5. The van der Waals surface area contributed by atoms with Gasteiger partial charge in [-0.25, -0.2) is 0 Å². The van der Waals surface area contributed by atoms with E-state index in [1.54, 1.807) is 0 Å². The van der Waals surface area contributed by atoms with Gasteiger partial charge in [-0.15, -0.1) is 0 Å². The van der Waals surface area contributed by atoms with Gasteiger partial charge in [0.15, 0.2) is 5.96 Å². The Bertz CT molecular complexity index is 541. The predicted octanol–water partition coefficient (Wildman–Crippen LogP) is 1.89. The van der Waals surface area contributed by atoms with Crippen molar-refractivity contribution in [1.82, 2.24) is 20.4 Å². The summed E-state index contributed by atoms with van der Waals surface area (Å²) < 4.78 is 5.73. The Morgan fingerprint density at radius 2 is 1.81 bits per heavy atom. The number of ether oxygens (including phenoxy) is 1. The summed E-state index contributed by atoms with van der Waals surface area (Å²) in [6.45, 7) is 11.7. The molecular formula is C21H37N5O. The minimum atomic E-state index is 0.527. The van der Waals surface area contributed by atoms with Crippen LogP contribution in [-0.2, 0) is 0 Å². The van der Waals surface area contributed by atoms with E-state index in [-0.39, 0.29) is 0 Å². The SMILES string of the molecule is CN=C(NCCCOc1ccccc1)NCC(C(C)C)N1CCN(C)CC1. The van der Waals surface area contributed by atoms with Gasteiger partial charge in [0, 0.05) is 52.4 Å². The van der Waals surface area contributed by atoms with Gasteiger partial charge in [-0.2, -0.15) is 0 Å². The van der Waals surface area contributed by atoms with Crippen molar-refractivity contribution in [2.45, 2.75) is 26.3 Å². The summed E-state index contributed by atoms with van der Waals surface area (Å²) in [7, 11) is 4.03. The summed E-state index contributed by atoms with van der Waals surface area (Å²) in [5, 5.41) is 6.90. The molecule has 2 N–H and O–H groups in total. The highest BCUT2D eigenvalue weighted by molar-refractivity contribution is 5.79. The number of nitrogens with zero attached hydrogens (tertiary/aromatic N) is 3. The van der Waals surface area contributed by atoms with Crippen LogP contribution in [0.4, 0.5) is 0 Å². The average Bonchev–Trinajstić information content (AvgIpc) is 2.68. The number of benzene rings is 1. The van der Waals surface area contributed by atoms with Crippen LogP contribution < -0.4 is 15.4 Å². The van der Waals surface area contributed by atoms with Crippen molar-refractivity contribution in [1.29, 1.82) is 0 Å². The van der Waals surface area contributed by atoms with Crippen LogP contribution in [0.3, 0.4) is 0 Å². The monoisotopic (exact) mass is 375 g/mol. The molecule has 0 spiro atoms. The molecule has 1 aliphatic rings. The molecule has 1 unspecified atom stereocenters. The Kier molecular flexibility index (Phi) is 9.42. The zero-order chi connectivity index (χ0) is 19.5. The van der Waals surface area contributed by atoms with E-state index in [2.05, 4.69) is 46.3 Å². The zero-order valence-electron chi connectivity index (χ0n) is 17.4. The number of likely N-dealkylation sites (N-methyl/N-ethyl adjacent to an activating group) is 1. The number of guanidine groups is 1. The molecule has 0 saturated carbocycles. The minimum Gasteiger partial charge on any atom is -0.494 e. The standard InChI is InChI=1S/C21H37N5O/c1-18(2)20(26-14-12-25(4)13-15-26)17-24-21(22-3)23-11-8-16-27-19-9-6-5-7-10-19/h5-7,9-10,18,20H,8,11-17H2,1-4H3,(H2,22,23,24). The van der Waals surface area contributed by atoms with Crippen LogP contribution in [0.1, 0.15) is 20.3 Å². The molecule has 0 radical (unpaired) electrons. The largest absolute Gasteiger partial charge is 0.494 e. The number of rotatable bonds is 9. The molecule has 6 heteroatoms. The quantitative estimate of drug-likeness (QED) is 0.392. The third-order valence-electron chi connectivity index (χ3n) is 5.10. The van der Waals surface area contributed by atoms with Crippen LogP contribution in [0, 0.1) is 5.92 Å². The molecule has 1 heterocycles. The molecule has 1 atom stereocenters. The first-order valence-electron chi connectivity index (χ1n) is 10.1. The summed E-state index contributed by atoms with van der Waals surface area (Å²) in [5.74, 6) is 2.40. The summed E-state index contributed by atoms with van der Waals surface area (Å²) in [6.07, 6.45) is 0.932. The van der Waals surface area contributed by atoms with Gasteiger partial charge in [-0.1, -0.05) is 32.0 Å². The maximum Gasteiger partial charge on any atom is 0.191 e. The lowest BCUT2D eigenvalue weighted by Crippen LogP contribution is -2.55. The molecule has 1 fully saturated rings. The van der Waals surface area contributed by atoms with E-state index < -0.39 is 0 Å². The maximum absolute atomic E-state index is 5.73. The number of nitrogens with one attached hydrogen (secondary N) is 2. The van der Waals surface area contributed by atoms with Crippen molar-refractivity contribution in [3.8, 4) is 5.75 Å². The normalized spacial score (nSPS) is 17.7. The number of aliphatic imine (C=N–C) groups is 1. The lowest BCUT2D eigenvalue weighted by Gasteiger charge is -2.40. The summed E-state index contributed by atoms with van der Waals surface area (Å²) >= 11 is 0. The topological polar surface area (TPSA) is 52.1 Å². The van der Waals surface area contributed by atoms with Crippen molar-refractivity contribution >= 4 is 5.96 Å². The van der Waals surface area contributed by atoms with E-state index in [4.69, 9.17) is 4.74 Å². The van der Waals surface area contributed by atoms with Gasteiger partial charge >= 0.3 is 0 Å². The molecule has 1 aromatic carbocycles. The van der Waals surface area contributed by atoms with Crippen LogP contribution in [0.2, 0.25) is 0 Å². The lowest BCUT2D eigenvalue weighted by molar-refractivity contribution is 0.0900. The molecule has 0 aromatic heterocycles. The highest BCUT2D eigenvalue weighted by Crippen LogP contribution is 2.13. The molecule has 1 saturated heterocycles. The smallest absolute Gasteiger partial charge is 0.191 e. The second kappa shape index (κ2) is 11.8. The Morgan fingerprint density at radius 3 is 2.44 bits per heavy atom. The van der Waals surface area contributed by atoms with E-state index in [0.29, 0.717) is 18.6 Å². The molecule has 1 aromatic rings. The molecule has 0 amide bonds. The Hall–Kier alpha value is -1.79. The summed E-state index contributed by atoms with van der Waals surface area (Å²) in [5.41, 5.74) is 0. The van der Waals surface area contributed by atoms with Crippen LogP contribution in [-0.4, -0.2) is 81.8 Å². The van der Waals surface area contributed by atoms with Crippen LogP contribution in [0.25, 0.3) is 0 Å². The number of hydrogen-bond acceptors (Lipinski definition) is 4. The van der Waals surface area contributed by atoms with E-state index >= 15 is 0 Å². The third-order valence-corrected chi connectivity index (χ3v) is 5.10. The van der Waals surface area contributed by atoms with Crippen molar-refractivity contribution in [3.63, 3.8) is 0 Å². The fourth-order valence-electron chi connectivity index (χ4n) is 3.35. The van der Waals surface area contributed by atoms with Crippen LogP contribution in [0.5, 0.6) is 5.75 Å². The van der Waals surface area contributed by atoms with Gasteiger partial charge in [0.1, 0.15) is 5.75 Å². The Labute approximate surface area is 165 Å². The minimum absolute atomic E-state index is 0.527. The van der Waals surface area contributed by atoms with Gasteiger partial charge in [-0.3, -0.25) is 9.89 Å². The van der Waals surface area contributed by atoms with Crippen molar-refractivity contribution < 1.29 is 4.74 Å². The first kappa shape index (κ1) is 21.5. The predicted molar refractivity (Wildman–Crippen MR) is 114 cm³/mol. The molecule has 0 bridgehead atoms. The molecule has 152 valence electrons. The van der Waals surface area contributed by atoms with E-state index in [1.807, 2.05) is 37.4 Å². The Balaban J connectivity index is 1.67. The van der Waals surface area contributed by atoms with Crippen LogP contribution >= 0.6 is 0 Å². The first-order chi connectivity index (χ1) is 13.1. The average molecular weight is 376 g/mol. The van der Waals surface area contributed by atoms with E-state index in [0.717, 1.165) is 57.4 Å². The van der Waals surface area contributed by atoms with Gasteiger partial charge in [-0.05, 0) is 31.5 Å². The molecule has 27 heavy (non-hydrogen) atoms. The fraction of sp³-hybridized carbons (Fsp3) is 0.667. The summed E-state index contributed by atoms with van der Waals surface area (Å²) in [4.78, 5) is 9.37. The van der Waals surface area contributed by atoms with Gasteiger partial charge in [0.25, 0.3) is 0 Å².